The third kappa shape index (κ3) is 8.21. The van der Waals surface area contributed by atoms with Gasteiger partial charge >= 0.3 is 0 Å². The van der Waals surface area contributed by atoms with E-state index in [1.54, 1.807) is 11.3 Å². The SMILES string of the molecule is CCS(=O)C1CCCC(NC(=NC)NCCCCc2nc(C)cs2)C1.I. The summed E-state index contributed by atoms with van der Waals surface area (Å²) < 4.78 is 12.1. The highest BCUT2D eigenvalue weighted by Gasteiger charge is 2.25. The van der Waals surface area contributed by atoms with Crippen LogP contribution >= 0.6 is 35.3 Å². The van der Waals surface area contributed by atoms with E-state index in [2.05, 4.69) is 26.0 Å². The molecule has 5 nitrogen and oxygen atoms in total. The summed E-state index contributed by atoms with van der Waals surface area (Å²) in [6.45, 7) is 4.98. The van der Waals surface area contributed by atoms with Gasteiger partial charge in [0.05, 0.1) is 5.01 Å². The molecule has 0 aliphatic heterocycles. The fraction of sp³-hybridized carbons (Fsp3) is 0.778. The Morgan fingerprint density at radius 2 is 2.23 bits per heavy atom. The molecule has 1 aliphatic rings. The lowest BCUT2D eigenvalue weighted by Gasteiger charge is -2.30. The van der Waals surface area contributed by atoms with Crippen molar-refractivity contribution in [3.63, 3.8) is 0 Å². The molecule has 3 atom stereocenters. The van der Waals surface area contributed by atoms with Gasteiger partial charge < -0.3 is 10.6 Å². The van der Waals surface area contributed by atoms with Crippen LogP contribution in [0.2, 0.25) is 0 Å². The molecule has 0 saturated heterocycles. The number of rotatable bonds is 8. The summed E-state index contributed by atoms with van der Waals surface area (Å²) in [4.78, 5) is 8.84. The topological polar surface area (TPSA) is 66.4 Å². The first-order valence-corrected chi connectivity index (χ1v) is 11.6. The van der Waals surface area contributed by atoms with Crippen LogP contribution in [0.1, 0.15) is 56.2 Å². The summed E-state index contributed by atoms with van der Waals surface area (Å²) in [6.07, 6.45) is 7.68. The minimum Gasteiger partial charge on any atom is -0.356 e. The molecule has 150 valence electrons. The van der Waals surface area contributed by atoms with Crippen molar-refractivity contribution in [1.29, 1.82) is 0 Å². The predicted octanol–water partition coefficient (Wildman–Crippen LogP) is 3.64. The minimum absolute atomic E-state index is 0. The van der Waals surface area contributed by atoms with Gasteiger partial charge in [0, 0.05) is 52.5 Å². The van der Waals surface area contributed by atoms with Crippen LogP contribution in [-0.2, 0) is 17.2 Å². The first-order valence-electron chi connectivity index (χ1n) is 9.37. The van der Waals surface area contributed by atoms with E-state index in [-0.39, 0.29) is 24.0 Å². The van der Waals surface area contributed by atoms with E-state index in [9.17, 15) is 4.21 Å². The zero-order chi connectivity index (χ0) is 18.1. The van der Waals surface area contributed by atoms with Gasteiger partial charge in [-0.25, -0.2) is 4.98 Å². The molecule has 0 radical (unpaired) electrons. The van der Waals surface area contributed by atoms with Crippen LogP contribution in [0.15, 0.2) is 10.4 Å². The lowest BCUT2D eigenvalue weighted by molar-refractivity contribution is 0.413. The van der Waals surface area contributed by atoms with E-state index in [4.69, 9.17) is 0 Å². The summed E-state index contributed by atoms with van der Waals surface area (Å²) in [5.74, 6) is 1.64. The molecule has 2 rings (SSSR count). The van der Waals surface area contributed by atoms with Crippen molar-refractivity contribution in [1.82, 2.24) is 15.6 Å². The highest BCUT2D eigenvalue weighted by molar-refractivity contribution is 14.0. The van der Waals surface area contributed by atoms with Gasteiger partial charge in [0.15, 0.2) is 5.96 Å². The number of thiazole rings is 1. The Labute approximate surface area is 181 Å². The van der Waals surface area contributed by atoms with Gasteiger partial charge in [-0.05, 0) is 45.4 Å². The summed E-state index contributed by atoms with van der Waals surface area (Å²) in [7, 11) is 1.14. The number of nitrogens with zero attached hydrogens (tertiary/aromatic N) is 2. The lowest BCUT2D eigenvalue weighted by Crippen LogP contribution is -2.46. The van der Waals surface area contributed by atoms with Crippen molar-refractivity contribution in [3.8, 4) is 0 Å². The third-order valence-electron chi connectivity index (χ3n) is 4.62. The first kappa shape index (κ1) is 23.8. The van der Waals surface area contributed by atoms with E-state index in [0.29, 0.717) is 11.3 Å². The molecular weight excluding hydrogens is 479 g/mol. The number of hydrogen-bond acceptors (Lipinski definition) is 4. The molecule has 26 heavy (non-hydrogen) atoms. The van der Waals surface area contributed by atoms with E-state index in [1.807, 2.05) is 20.9 Å². The van der Waals surface area contributed by atoms with Gasteiger partial charge in [-0.15, -0.1) is 35.3 Å². The van der Waals surface area contributed by atoms with Gasteiger partial charge in [-0.1, -0.05) is 13.3 Å². The Balaban J connectivity index is 0.00000338. The number of aromatic nitrogens is 1. The lowest BCUT2D eigenvalue weighted by atomic mass is 9.95. The Kier molecular flexibility index (Phi) is 11.9. The largest absolute Gasteiger partial charge is 0.356 e. The Morgan fingerprint density at radius 1 is 1.42 bits per heavy atom. The normalized spacial score (nSPS) is 21.7. The van der Waals surface area contributed by atoms with Crippen molar-refractivity contribution in [3.05, 3.63) is 16.1 Å². The van der Waals surface area contributed by atoms with Gasteiger partial charge in [0.2, 0.25) is 0 Å². The quantitative estimate of drug-likeness (QED) is 0.242. The summed E-state index contributed by atoms with van der Waals surface area (Å²) in [5, 5.41) is 10.6. The molecule has 8 heteroatoms. The van der Waals surface area contributed by atoms with Crippen LogP contribution in [0.5, 0.6) is 0 Å². The van der Waals surface area contributed by atoms with E-state index in [0.717, 1.165) is 68.9 Å². The molecular formula is C18H33IN4OS2. The molecule has 0 spiro atoms. The number of aryl methyl sites for hydroxylation is 2. The van der Waals surface area contributed by atoms with E-state index in [1.165, 1.54) is 5.01 Å². The molecule has 2 N–H and O–H groups in total. The standard InChI is InChI=1S/C18H32N4OS2.HI/c1-4-25(23)16-9-7-8-15(12-16)22-18(19-3)20-11-6-5-10-17-21-14(2)13-24-17;/h13,15-16H,4-12H2,1-3H3,(H2,19,20,22);1H. The summed E-state index contributed by atoms with van der Waals surface area (Å²) in [6, 6.07) is 0.388. The molecule has 1 aromatic rings. The zero-order valence-corrected chi connectivity index (χ0v) is 20.1. The van der Waals surface area contributed by atoms with E-state index < -0.39 is 10.8 Å². The predicted molar refractivity (Wildman–Crippen MR) is 124 cm³/mol. The molecule has 1 aromatic heterocycles. The monoisotopic (exact) mass is 512 g/mol. The number of guanidine groups is 1. The molecule has 3 unspecified atom stereocenters. The van der Waals surface area contributed by atoms with Crippen LogP contribution in [0.25, 0.3) is 0 Å². The summed E-state index contributed by atoms with van der Waals surface area (Å²) in [5.41, 5.74) is 1.12. The minimum atomic E-state index is -0.681. The Bertz CT molecular complexity index is 579. The van der Waals surface area contributed by atoms with Crippen molar-refractivity contribution in [2.75, 3.05) is 19.3 Å². The zero-order valence-electron chi connectivity index (χ0n) is 16.1. The molecule has 1 fully saturated rings. The van der Waals surface area contributed by atoms with Crippen LogP contribution in [0, 0.1) is 6.92 Å². The summed E-state index contributed by atoms with van der Waals surface area (Å²) >= 11 is 1.75. The maximum absolute atomic E-state index is 12.1. The second-order valence-electron chi connectivity index (χ2n) is 6.64. The number of unbranched alkanes of at least 4 members (excludes halogenated alkanes) is 1. The number of halogens is 1. The second-order valence-corrected chi connectivity index (χ2v) is 9.59. The molecule has 1 saturated carbocycles. The van der Waals surface area contributed by atoms with Crippen LogP contribution in [0.4, 0.5) is 0 Å². The highest BCUT2D eigenvalue weighted by atomic mass is 127. The molecule has 1 heterocycles. The maximum Gasteiger partial charge on any atom is 0.191 e. The first-order chi connectivity index (χ1) is 12.1. The second kappa shape index (κ2) is 13.0. The maximum atomic E-state index is 12.1. The van der Waals surface area contributed by atoms with E-state index >= 15 is 0 Å². The molecule has 1 aliphatic carbocycles. The van der Waals surface area contributed by atoms with Gasteiger partial charge in [-0.2, -0.15) is 0 Å². The Hall–Kier alpha value is -0.220. The Morgan fingerprint density at radius 3 is 2.88 bits per heavy atom. The fourth-order valence-corrected chi connectivity index (χ4v) is 5.43. The molecule has 0 amide bonds. The average Bonchev–Trinajstić information content (AvgIpc) is 3.05. The third-order valence-corrected chi connectivity index (χ3v) is 7.39. The molecule has 0 bridgehead atoms. The average molecular weight is 513 g/mol. The highest BCUT2D eigenvalue weighted by Crippen LogP contribution is 2.23. The van der Waals surface area contributed by atoms with Crippen molar-refractivity contribution in [2.24, 2.45) is 4.99 Å². The fourth-order valence-electron chi connectivity index (χ4n) is 3.26. The molecule has 0 aromatic carbocycles. The smallest absolute Gasteiger partial charge is 0.191 e. The van der Waals surface area contributed by atoms with Crippen LogP contribution < -0.4 is 10.6 Å². The van der Waals surface area contributed by atoms with Crippen molar-refractivity contribution in [2.45, 2.75) is 70.1 Å². The van der Waals surface area contributed by atoms with Gasteiger partial charge in [0.1, 0.15) is 0 Å². The van der Waals surface area contributed by atoms with Crippen LogP contribution in [-0.4, -0.2) is 45.8 Å². The van der Waals surface area contributed by atoms with Crippen LogP contribution in [0.3, 0.4) is 0 Å². The number of aliphatic imine (C=N–C) groups is 1. The van der Waals surface area contributed by atoms with Gasteiger partial charge in [-0.3, -0.25) is 9.20 Å². The van der Waals surface area contributed by atoms with Crippen molar-refractivity contribution < 1.29 is 4.21 Å². The number of hydrogen-bond donors (Lipinski definition) is 2. The number of nitrogens with one attached hydrogen (secondary N) is 2. The van der Waals surface area contributed by atoms with Gasteiger partial charge in [0.25, 0.3) is 0 Å². The van der Waals surface area contributed by atoms with Crippen molar-refractivity contribution >= 4 is 52.1 Å².